The standard InChI is InChI=1S/C19H20N4O5S/c1-14-2-3-18(29(24,25)26)15(8-14)9-17-10-27-19(28-17,11-23-13-21-12-22-23)16-4-6-20-7-5-16/h2-8,12-13,17H,9-11H2,1H3,(H,24,25,26)/t17-,19-/m1/s1. The number of hydrogen-bond acceptors (Lipinski definition) is 7. The van der Waals surface area contributed by atoms with E-state index in [1.54, 1.807) is 47.7 Å². The molecule has 1 aliphatic rings. The van der Waals surface area contributed by atoms with Crippen LogP contribution in [0.25, 0.3) is 0 Å². The Balaban J connectivity index is 1.63. The van der Waals surface area contributed by atoms with E-state index in [1.165, 1.54) is 12.4 Å². The normalized spacial score (nSPS) is 22.1. The first-order chi connectivity index (χ1) is 13.9. The third-order valence-corrected chi connectivity index (χ3v) is 5.71. The lowest BCUT2D eigenvalue weighted by atomic mass is 10.1. The van der Waals surface area contributed by atoms with Gasteiger partial charge in [-0.1, -0.05) is 17.7 Å². The Bertz CT molecular complexity index is 1090. The maximum absolute atomic E-state index is 11.8. The van der Waals surface area contributed by atoms with Gasteiger partial charge in [-0.25, -0.2) is 9.67 Å². The fraction of sp³-hybridized carbons (Fsp3) is 0.316. The van der Waals surface area contributed by atoms with Gasteiger partial charge in [-0.15, -0.1) is 0 Å². The summed E-state index contributed by atoms with van der Waals surface area (Å²) in [5, 5.41) is 4.13. The lowest BCUT2D eigenvalue weighted by Gasteiger charge is -2.28. The van der Waals surface area contributed by atoms with E-state index in [2.05, 4.69) is 15.1 Å². The molecule has 10 heteroatoms. The van der Waals surface area contributed by atoms with Crippen LogP contribution in [-0.4, -0.2) is 45.4 Å². The van der Waals surface area contributed by atoms with E-state index in [9.17, 15) is 13.0 Å². The lowest BCUT2D eigenvalue weighted by molar-refractivity contribution is -0.188. The van der Waals surface area contributed by atoms with Crippen LogP contribution < -0.4 is 0 Å². The Morgan fingerprint density at radius 1 is 1.24 bits per heavy atom. The third kappa shape index (κ3) is 4.20. The number of aryl methyl sites for hydroxylation is 1. The van der Waals surface area contributed by atoms with Gasteiger partial charge in [0.1, 0.15) is 19.2 Å². The summed E-state index contributed by atoms with van der Waals surface area (Å²) in [6.07, 6.45) is 6.14. The summed E-state index contributed by atoms with van der Waals surface area (Å²) in [5.74, 6) is -1.11. The molecule has 0 amide bonds. The van der Waals surface area contributed by atoms with Crippen molar-refractivity contribution in [3.05, 3.63) is 72.1 Å². The molecule has 1 N–H and O–H groups in total. The second-order valence-corrected chi connectivity index (χ2v) is 8.31. The van der Waals surface area contributed by atoms with E-state index in [-0.39, 0.29) is 24.5 Å². The smallest absolute Gasteiger partial charge is 0.294 e. The van der Waals surface area contributed by atoms with Gasteiger partial charge >= 0.3 is 0 Å². The molecule has 1 saturated heterocycles. The molecule has 0 radical (unpaired) electrons. The Morgan fingerprint density at radius 2 is 2.03 bits per heavy atom. The molecular formula is C19H20N4O5S. The Morgan fingerprint density at radius 3 is 2.72 bits per heavy atom. The molecule has 0 aliphatic carbocycles. The Hall–Kier alpha value is -2.66. The second kappa shape index (κ2) is 7.64. The molecule has 0 spiro atoms. The summed E-state index contributed by atoms with van der Waals surface area (Å²) in [5.41, 5.74) is 2.13. The van der Waals surface area contributed by atoms with Gasteiger partial charge in [0.2, 0.25) is 5.79 Å². The van der Waals surface area contributed by atoms with Crippen molar-refractivity contribution < 1.29 is 22.4 Å². The van der Waals surface area contributed by atoms with Crippen molar-refractivity contribution in [1.82, 2.24) is 19.7 Å². The van der Waals surface area contributed by atoms with Gasteiger partial charge in [0, 0.05) is 24.4 Å². The molecule has 0 saturated carbocycles. The monoisotopic (exact) mass is 416 g/mol. The average Bonchev–Trinajstić information content (AvgIpc) is 3.33. The molecule has 0 bridgehead atoms. The minimum atomic E-state index is -4.34. The minimum absolute atomic E-state index is 0.121. The highest BCUT2D eigenvalue weighted by molar-refractivity contribution is 7.85. The van der Waals surface area contributed by atoms with Gasteiger partial charge in [0.05, 0.1) is 17.6 Å². The van der Waals surface area contributed by atoms with Crippen LogP contribution in [0.4, 0.5) is 0 Å². The number of benzene rings is 1. The third-order valence-electron chi connectivity index (χ3n) is 4.76. The van der Waals surface area contributed by atoms with E-state index in [1.807, 2.05) is 6.92 Å². The van der Waals surface area contributed by atoms with Crippen molar-refractivity contribution in [3.8, 4) is 0 Å². The summed E-state index contributed by atoms with van der Waals surface area (Å²) in [6.45, 7) is 2.37. The van der Waals surface area contributed by atoms with Crippen molar-refractivity contribution >= 4 is 10.1 Å². The number of hydrogen-bond donors (Lipinski definition) is 1. The number of pyridine rings is 1. The van der Waals surface area contributed by atoms with Crippen LogP contribution in [0.3, 0.4) is 0 Å². The van der Waals surface area contributed by atoms with Crippen LogP contribution in [-0.2, 0) is 38.3 Å². The molecule has 3 aromatic rings. The SMILES string of the molecule is Cc1ccc(S(=O)(=O)O)c(C[C@@H]2CO[C@@](Cn3cncn3)(c3ccncc3)O2)c1. The number of aromatic nitrogens is 4. The molecule has 29 heavy (non-hydrogen) atoms. The predicted molar refractivity (Wildman–Crippen MR) is 101 cm³/mol. The Labute approximate surface area is 168 Å². The molecule has 1 aromatic carbocycles. The fourth-order valence-electron chi connectivity index (χ4n) is 3.49. The number of nitrogens with zero attached hydrogens (tertiary/aromatic N) is 4. The fourth-order valence-corrected chi connectivity index (χ4v) is 4.20. The zero-order valence-electron chi connectivity index (χ0n) is 15.7. The summed E-state index contributed by atoms with van der Waals surface area (Å²) < 4.78 is 47.1. The van der Waals surface area contributed by atoms with Gasteiger partial charge in [-0.2, -0.15) is 13.5 Å². The zero-order chi connectivity index (χ0) is 20.5. The molecule has 3 heterocycles. The molecular weight excluding hydrogens is 396 g/mol. The first-order valence-corrected chi connectivity index (χ1v) is 10.4. The van der Waals surface area contributed by atoms with Gasteiger partial charge in [-0.3, -0.25) is 9.54 Å². The van der Waals surface area contributed by atoms with Gasteiger partial charge in [0.25, 0.3) is 10.1 Å². The molecule has 1 aliphatic heterocycles. The number of rotatable bonds is 6. The van der Waals surface area contributed by atoms with Gasteiger partial charge < -0.3 is 9.47 Å². The van der Waals surface area contributed by atoms with E-state index >= 15 is 0 Å². The molecule has 2 atom stereocenters. The van der Waals surface area contributed by atoms with Gasteiger partial charge in [-0.05, 0) is 30.7 Å². The van der Waals surface area contributed by atoms with Crippen molar-refractivity contribution in [3.63, 3.8) is 0 Å². The van der Waals surface area contributed by atoms with Crippen LogP contribution >= 0.6 is 0 Å². The van der Waals surface area contributed by atoms with Gasteiger partial charge in [0.15, 0.2) is 0 Å². The van der Waals surface area contributed by atoms with Crippen molar-refractivity contribution in [1.29, 1.82) is 0 Å². The van der Waals surface area contributed by atoms with Crippen molar-refractivity contribution in [2.75, 3.05) is 6.61 Å². The maximum atomic E-state index is 11.8. The summed E-state index contributed by atoms with van der Waals surface area (Å²) in [7, 11) is -4.34. The minimum Gasteiger partial charge on any atom is -0.342 e. The van der Waals surface area contributed by atoms with Crippen LogP contribution in [0.15, 0.2) is 60.3 Å². The Kier molecular flexibility index (Phi) is 5.17. The topological polar surface area (TPSA) is 116 Å². The zero-order valence-corrected chi connectivity index (χ0v) is 16.5. The first-order valence-electron chi connectivity index (χ1n) is 8.97. The van der Waals surface area contributed by atoms with Crippen LogP contribution in [0.2, 0.25) is 0 Å². The first kappa shape index (κ1) is 19.6. The molecule has 4 rings (SSSR count). The lowest BCUT2D eigenvalue weighted by Crippen LogP contribution is -2.34. The highest BCUT2D eigenvalue weighted by atomic mass is 32.2. The van der Waals surface area contributed by atoms with Crippen LogP contribution in [0, 0.1) is 6.92 Å². The summed E-state index contributed by atoms with van der Waals surface area (Å²) >= 11 is 0. The molecule has 9 nitrogen and oxygen atoms in total. The predicted octanol–water partition coefficient (Wildman–Crippen LogP) is 1.74. The number of ether oxygens (including phenoxy) is 2. The van der Waals surface area contributed by atoms with Crippen molar-refractivity contribution in [2.24, 2.45) is 0 Å². The molecule has 2 aromatic heterocycles. The van der Waals surface area contributed by atoms with Crippen molar-refractivity contribution in [2.45, 2.75) is 36.7 Å². The van der Waals surface area contributed by atoms with Crippen LogP contribution in [0.1, 0.15) is 16.7 Å². The molecule has 0 unspecified atom stereocenters. The quantitative estimate of drug-likeness (QED) is 0.604. The molecule has 1 fully saturated rings. The van der Waals surface area contributed by atoms with E-state index in [4.69, 9.17) is 9.47 Å². The molecule has 152 valence electrons. The second-order valence-electron chi connectivity index (χ2n) is 6.92. The van der Waals surface area contributed by atoms with E-state index in [0.29, 0.717) is 5.56 Å². The maximum Gasteiger partial charge on any atom is 0.294 e. The summed E-state index contributed by atoms with van der Waals surface area (Å²) in [4.78, 5) is 7.88. The van der Waals surface area contributed by atoms with E-state index < -0.39 is 22.0 Å². The van der Waals surface area contributed by atoms with Crippen LogP contribution in [0.5, 0.6) is 0 Å². The summed E-state index contributed by atoms with van der Waals surface area (Å²) in [6, 6.07) is 8.38. The average molecular weight is 416 g/mol. The highest BCUT2D eigenvalue weighted by Crippen LogP contribution is 2.37. The highest BCUT2D eigenvalue weighted by Gasteiger charge is 2.44. The van der Waals surface area contributed by atoms with E-state index in [0.717, 1.165) is 11.1 Å². The largest absolute Gasteiger partial charge is 0.342 e.